The summed E-state index contributed by atoms with van der Waals surface area (Å²) >= 11 is 0. The minimum absolute atomic E-state index is 0.392. The number of nitriles is 3. The lowest BCUT2D eigenvalue weighted by Crippen LogP contribution is -1.97. The molecule has 330 valence electrons. The quantitative estimate of drug-likeness (QED) is 0.151. The van der Waals surface area contributed by atoms with Gasteiger partial charge in [0.15, 0.2) is 5.82 Å². The molecule has 71 heavy (non-hydrogen) atoms. The zero-order valence-corrected chi connectivity index (χ0v) is 38.0. The standard InChI is InChI=1S/C63H38N8/c64-35-39-13-15-41(16-14-39)55-34-56(69-63(68-55)45-23-19-43(20-24-45)57-38-67-57)42-17-21-44(22-18-42)62-47(36-65)31-46(32-48(62)37-66)40-25-27-49(28-26-40)70-60-12-6-3-9-53(60)54-33-50(29-30-61(54)70)71-58-10-4-1-7-51(58)52-8-2-5-11-59(52)71/h1-34,57,67H,38H2. The van der Waals surface area contributed by atoms with Crippen LogP contribution in [-0.2, 0) is 0 Å². The maximum atomic E-state index is 10.6. The fourth-order valence-corrected chi connectivity index (χ4v) is 10.2. The van der Waals surface area contributed by atoms with E-state index in [1.807, 2.05) is 54.6 Å². The van der Waals surface area contributed by atoms with Crippen molar-refractivity contribution in [2.45, 2.75) is 6.04 Å². The van der Waals surface area contributed by atoms with Crippen molar-refractivity contribution in [3.63, 3.8) is 0 Å². The molecule has 1 atom stereocenters. The van der Waals surface area contributed by atoms with Gasteiger partial charge in [0.05, 0.1) is 68.4 Å². The third kappa shape index (κ3) is 7.09. The Morgan fingerprint density at radius 3 is 1.42 bits per heavy atom. The Morgan fingerprint density at radius 1 is 0.408 bits per heavy atom. The number of aromatic nitrogens is 4. The van der Waals surface area contributed by atoms with Crippen molar-refractivity contribution < 1.29 is 0 Å². The van der Waals surface area contributed by atoms with Gasteiger partial charge in [-0.25, -0.2) is 9.97 Å². The number of nitrogens with zero attached hydrogens (tertiary/aromatic N) is 7. The molecule has 0 bridgehead atoms. The lowest BCUT2D eigenvalue weighted by atomic mass is 9.90. The summed E-state index contributed by atoms with van der Waals surface area (Å²) in [6, 6.07) is 77.4. The van der Waals surface area contributed by atoms with Crippen molar-refractivity contribution in [3.8, 4) is 85.7 Å². The number of fused-ring (bicyclic) bond motifs is 6. The molecule has 1 fully saturated rings. The summed E-state index contributed by atoms with van der Waals surface area (Å²) in [5, 5.41) is 38.8. The zero-order valence-electron chi connectivity index (χ0n) is 38.0. The molecule has 4 heterocycles. The first-order valence-corrected chi connectivity index (χ1v) is 23.5. The summed E-state index contributed by atoms with van der Waals surface area (Å²) in [6.45, 7) is 0.980. The molecule has 0 amide bonds. The number of benzene rings is 9. The highest BCUT2D eigenvalue weighted by atomic mass is 15.1. The summed E-state index contributed by atoms with van der Waals surface area (Å²) in [5.41, 5.74) is 16.4. The number of rotatable bonds is 8. The van der Waals surface area contributed by atoms with E-state index in [0.717, 1.165) is 84.5 Å². The van der Waals surface area contributed by atoms with Crippen LogP contribution in [0.3, 0.4) is 0 Å². The molecule has 8 nitrogen and oxygen atoms in total. The van der Waals surface area contributed by atoms with Gasteiger partial charge in [-0.3, -0.25) is 0 Å². The van der Waals surface area contributed by atoms with E-state index in [9.17, 15) is 15.8 Å². The molecule has 1 N–H and O–H groups in total. The lowest BCUT2D eigenvalue weighted by molar-refractivity contribution is 1.08. The highest BCUT2D eigenvalue weighted by Crippen LogP contribution is 2.39. The Balaban J connectivity index is 0.833. The lowest BCUT2D eigenvalue weighted by Gasteiger charge is -2.13. The van der Waals surface area contributed by atoms with Crippen LogP contribution >= 0.6 is 0 Å². The van der Waals surface area contributed by atoms with Crippen LogP contribution in [0.5, 0.6) is 0 Å². The predicted molar refractivity (Wildman–Crippen MR) is 283 cm³/mol. The van der Waals surface area contributed by atoms with Gasteiger partial charge in [-0.2, -0.15) is 15.8 Å². The van der Waals surface area contributed by atoms with E-state index in [1.165, 1.54) is 27.4 Å². The van der Waals surface area contributed by atoms with Gasteiger partial charge in [-0.1, -0.05) is 127 Å². The monoisotopic (exact) mass is 906 g/mol. The van der Waals surface area contributed by atoms with Gasteiger partial charge in [0.2, 0.25) is 0 Å². The molecule has 1 aliphatic heterocycles. The predicted octanol–water partition coefficient (Wildman–Crippen LogP) is 14.3. The third-order valence-corrected chi connectivity index (χ3v) is 13.8. The summed E-state index contributed by atoms with van der Waals surface area (Å²) in [6.07, 6.45) is 0. The summed E-state index contributed by atoms with van der Waals surface area (Å²) < 4.78 is 4.66. The van der Waals surface area contributed by atoms with Crippen molar-refractivity contribution in [2.24, 2.45) is 0 Å². The van der Waals surface area contributed by atoms with E-state index < -0.39 is 0 Å². The van der Waals surface area contributed by atoms with E-state index in [1.54, 1.807) is 12.1 Å². The zero-order chi connectivity index (χ0) is 47.6. The van der Waals surface area contributed by atoms with Crippen LogP contribution in [0.25, 0.3) is 111 Å². The van der Waals surface area contributed by atoms with Crippen LogP contribution in [0.2, 0.25) is 0 Å². The number of hydrogen-bond acceptors (Lipinski definition) is 6. The molecule has 0 saturated carbocycles. The first-order chi connectivity index (χ1) is 35.0. The maximum absolute atomic E-state index is 10.6. The Labute approximate surface area is 408 Å². The van der Waals surface area contributed by atoms with Crippen molar-refractivity contribution in [1.29, 1.82) is 15.8 Å². The Morgan fingerprint density at radius 2 is 0.873 bits per heavy atom. The molecule has 3 aromatic heterocycles. The molecule has 12 aromatic rings. The van der Waals surface area contributed by atoms with Crippen LogP contribution in [-0.4, -0.2) is 25.6 Å². The topological polar surface area (TPSA) is 129 Å². The largest absolute Gasteiger partial charge is 0.309 e. The molecule has 0 radical (unpaired) electrons. The van der Waals surface area contributed by atoms with Gasteiger partial charge in [0.25, 0.3) is 0 Å². The molecule has 13 rings (SSSR count). The van der Waals surface area contributed by atoms with Crippen LogP contribution in [0, 0.1) is 34.0 Å². The Bertz CT molecular complexity index is 4140. The number of nitrogens with one attached hydrogen (secondary N) is 1. The molecule has 0 spiro atoms. The van der Waals surface area contributed by atoms with E-state index in [-0.39, 0.29) is 0 Å². The van der Waals surface area contributed by atoms with Crippen LogP contribution in [0.1, 0.15) is 28.3 Å². The molecular formula is C63H38N8. The van der Waals surface area contributed by atoms with Gasteiger partial charge < -0.3 is 14.5 Å². The molecule has 0 aliphatic carbocycles. The van der Waals surface area contributed by atoms with E-state index >= 15 is 0 Å². The van der Waals surface area contributed by atoms with Crippen molar-refractivity contribution >= 4 is 43.6 Å². The Kier molecular flexibility index (Phi) is 9.71. The van der Waals surface area contributed by atoms with Gasteiger partial charge in [0.1, 0.15) is 0 Å². The van der Waals surface area contributed by atoms with E-state index in [2.05, 4.69) is 172 Å². The molecule has 1 aliphatic rings. The third-order valence-electron chi connectivity index (χ3n) is 13.8. The normalized spacial score (nSPS) is 13.1. The molecule has 1 saturated heterocycles. The van der Waals surface area contributed by atoms with Gasteiger partial charge >= 0.3 is 0 Å². The average Bonchev–Trinajstić information content (AvgIpc) is 4.17. The maximum Gasteiger partial charge on any atom is 0.160 e. The van der Waals surface area contributed by atoms with E-state index in [4.69, 9.17) is 9.97 Å². The average molecular weight is 907 g/mol. The van der Waals surface area contributed by atoms with Crippen LogP contribution < -0.4 is 5.32 Å². The highest BCUT2D eigenvalue weighted by molar-refractivity contribution is 6.12. The van der Waals surface area contributed by atoms with Gasteiger partial charge in [-0.15, -0.1) is 0 Å². The molecule has 8 heteroatoms. The fourth-order valence-electron chi connectivity index (χ4n) is 10.2. The highest BCUT2D eigenvalue weighted by Gasteiger charge is 2.23. The smallest absolute Gasteiger partial charge is 0.160 e. The summed E-state index contributed by atoms with van der Waals surface area (Å²) in [5.74, 6) is 0.587. The first kappa shape index (κ1) is 41.3. The minimum Gasteiger partial charge on any atom is -0.309 e. The molecule has 1 unspecified atom stereocenters. The number of hydrogen-bond donors (Lipinski definition) is 1. The minimum atomic E-state index is 0.392. The van der Waals surface area contributed by atoms with Crippen LogP contribution in [0.15, 0.2) is 206 Å². The van der Waals surface area contributed by atoms with Crippen molar-refractivity contribution in [3.05, 3.63) is 229 Å². The second kappa shape index (κ2) is 16.7. The second-order valence-electron chi connectivity index (χ2n) is 18.0. The Hall–Kier alpha value is -9.91. The SMILES string of the molecule is N#Cc1ccc(-c2cc(-c3ccc(-c4c(C#N)cc(-c5ccc(-n6c7ccccc7c7cc(-n8c9ccccc9c9ccccc98)ccc76)cc5)cc4C#N)cc3)nc(-c3ccc(C4CN4)cc3)n2)cc1. The molecule has 9 aromatic carbocycles. The fraction of sp³-hybridized carbons (Fsp3) is 0.0317. The van der Waals surface area contributed by atoms with E-state index in [0.29, 0.717) is 34.1 Å². The first-order valence-electron chi connectivity index (χ1n) is 23.5. The number of para-hydroxylation sites is 3. The molecular weight excluding hydrogens is 869 g/mol. The van der Waals surface area contributed by atoms with Crippen LogP contribution in [0.4, 0.5) is 0 Å². The van der Waals surface area contributed by atoms with Gasteiger partial charge in [-0.05, 0) is 101 Å². The summed E-state index contributed by atoms with van der Waals surface area (Å²) in [4.78, 5) is 10.0. The van der Waals surface area contributed by atoms with Crippen molar-refractivity contribution in [1.82, 2.24) is 24.4 Å². The second-order valence-corrected chi connectivity index (χ2v) is 18.0. The van der Waals surface area contributed by atoms with Gasteiger partial charge in [0, 0.05) is 67.8 Å². The summed E-state index contributed by atoms with van der Waals surface area (Å²) in [7, 11) is 0. The van der Waals surface area contributed by atoms with Crippen molar-refractivity contribution in [2.75, 3.05) is 6.54 Å².